The summed E-state index contributed by atoms with van der Waals surface area (Å²) in [4.78, 5) is 0.211. The van der Waals surface area contributed by atoms with E-state index in [0.29, 0.717) is 12.4 Å². The molecular weight excluding hydrogens is 263 g/mol. The maximum Gasteiger partial charge on any atom is 1.00 e. The van der Waals surface area contributed by atoms with E-state index in [2.05, 4.69) is 0 Å². The number of ether oxygens (including phenoxy) is 2. The molecule has 1 aliphatic rings. The molecule has 0 radical (unpaired) electrons. The van der Waals surface area contributed by atoms with Crippen LogP contribution < -0.4 is 34.3 Å². The molecule has 18 heavy (non-hydrogen) atoms. The Bertz CT molecular complexity index is 419. The first kappa shape index (κ1) is 16.1. The van der Waals surface area contributed by atoms with E-state index in [9.17, 15) is 8.76 Å². The average molecular weight is 278 g/mol. The van der Waals surface area contributed by atoms with E-state index in [4.69, 9.17) is 9.47 Å². The van der Waals surface area contributed by atoms with Gasteiger partial charge in [0.05, 0.1) is 11.0 Å². The van der Waals surface area contributed by atoms with Crippen molar-refractivity contribution < 1.29 is 47.8 Å². The van der Waals surface area contributed by atoms with Crippen molar-refractivity contribution in [3.8, 4) is 5.75 Å². The molecule has 0 spiro atoms. The van der Waals surface area contributed by atoms with E-state index in [1.165, 1.54) is 0 Å². The quantitative estimate of drug-likeness (QED) is 0.512. The largest absolute Gasteiger partial charge is 1.00 e. The SMILES string of the molecule is Cc1ccc(OCC2CCCO2)c(S(=O)[O-])c1.[Na+]. The van der Waals surface area contributed by atoms with E-state index in [0.717, 1.165) is 25.0 Å². The zero-order valence-electron chi connectivity index (χ0n) is 10.7. The normalized spacial score (nSPS) is 20.2. The molecule has 1 heterocycles. The number of rotatable bonds is 4. The number of hydrogen-bond donors (Lipinski definition) is 0. The standard InChI is InChI=1S/C12H16O4S.Na/c1-9-4-5-11(12(7-9)17(13)14)16-8-10-3-2-6-15-10;/h4-5,7,10H,2-3,6,8H2,1H3,(H,13,14);/q;+1/p-1. The summed E-state index contributed by atoms with van der Waals surface area (Å²) in [6.07, 6.45) is 2.11. The Kier molecular flexibility index (Phi) is 6.84. The third-order valence-corrected chi connectivity index (χ3v) is 3.41. The summed E-state index contributed by atoms with van der Waals surface area (Å²) in [5, 5.41) is 0. The van der Waals surface area contributed by atoms with Crippen molar-refractivity contribution in [3.05, 3.63) is 23.8 Å². The van der Waals surface area contributed by atoms with E-state index in [1.807, 2.05) is 13.0 Å². The van der Waals surface area contributed by atoms with Gasteiger partial charge >= 0.3 is 29.6 Å². The molecule has 0 saturated carbocycles. The van der Waals surface area contributed by atoms with Crippen molar-refractivity contribution in [2.75, 3.05) is 13.2 Å². The van der Waals surface area contributed by atoms with Gasteiger partial charge in [0, 0.05) is 6.61 Å². The molecule has 0 amide bonds. The van der Waals surface area contributed by atoms with Gasteiger partial charge in [-0.3, -0.25) is 4.21 Å². The minimum atomic E-state index is -2.27. The molecule has 94 valence electrons. The maximum atomic E-state index is 11.1. The fraction of sp³-hybridized carbons (Fsp3) is 0.500. The van der Waals surface area contributed by atoms with Crippen molar-refractivity contribution in [2.24, 2.45) is 0 Å². The molecule has 1 aromatic rings. The van der Waals surface area contributed by atoms with E-state index in [1.54, 1.807) is 12.1 Å². The van der Waals surface area contributed by atoms with Gasteiger partial charge in [-0.2, -0.15) is 0 Å². The summed E-state index contributed by atoms with van der Waals surface area (Å²) >= 11 is -2.27. The van der Waals surface area contributed by atoms with Gasteiger partial charge in [0.2, 0.25) is 0 Å². The van der Waals surface area contributed by atoms with Crippen molar-refractivity contribution in [2.45, 2.75) is 30.8 Å². The molecule has 2 atom stereocenters. The van der Waals surface area contributed by atoms with Crippen molar-refractivity contribution >= 4 is 11.1 Å². The van der Waals surface area contributed by atoms with Gasteiger partial charge < -0.3 is 14.0 Å². The first-order valence-corrected chi connectivity index (χ1v) is 6.68. The maximum absolute atomic E-state index is 11.1. The van der Waals surface area contributed by atoms with Gasteiger partial charge in [0.1, 0.15) is 12.4 Å². The Morgan fingerprint density at radius 3 is 2.94 bits per heavy atom. The van der Waals surface area contributed by atoms with Crippen LogP contribution in [0, 0.1) is 6.92 Å². The van der Waals surface area contributed by atoms with Crippen molar-refractivity contribution in [3.63, 3.8) is 0 Å². The third-order valence-electron chi connectivity index (χ3n) is 2.73. The zero-order chi connectivity index (χ0) is 12.3. The second kappa shape index (κ2) is 7.62. The summed E-state index contributed by atoms with van der Waals surface area (Å²) in [6.45, 7) is 3.02. The fourth-order valence-corrected chi connectivity index (χ4v) is 2.40. The van der Waals surface area contributed by atoms with Crippen LogP contribution in [0.1, 0.15) is 18.4 Å². The Morgan fingerprint density at radius 1 is 1.56 bits per heavy atom. The van der Waals surface area contributed by atoms with Crippen LogP contribution in [-0.2, 0) is 15.8 Å². The molecule has 1 aromatic carbocycles. The number of aryl methyl sites for hydroxylation is 1. The molecule has 2 rings (SSSR count). The first-order valence-electron chi connectivity index (χ1n) is 5.61. The molecule has 1 aliphatic heterocycles. The molecule has 1 fully saturated rings. The fourth-order valence-electron chi connectivity index (χ4n) is 1.82. The van der Waals surface area contributed by atoms with E-state index < -0.39 is 11.1 Å². The Hall–Kier alpha value is 0.0900. The van der Waals surface area contributed by atoms with Crippen LogP contribution in [0.5, 0.6) is 5.75 Å². The summed E-state index contributed by atoms with van der Waals surface area (Å²) < 4.78 is 33.1. The number of benzene rings is 1. The number of hydrogen-bond acceptors (Lipinski definition) is 4. The predicted octanol–water partition coefficient (Wildman–Crippen LogP) is -1.21. The predicted molar refractivity (Wildman–Crippen MR) is 62.8 cm³/mol. The molecule has 0 bridgehead atoms. The van der Waals surface area contributed by atoms with E-state index >= 15 is 0 Å². The Morgan fingerprint density at radius 2 is 2.33 bits per heavy atom. The van der Waals surface area contributed by atoms with Crippen LogP contribution in [0.25, 0.3) is 0 Å². The molecule has 0 N–H and O–H groups in total. The third kappa shape index (κ3) is 4.33. The van der Waals surface area contributed by atoms with Crippen LogP contribution in [0.2, 0.25) is 0 Å². The topological polar surface area (TPSA) is 58.6 Å². The minimum absolute atomic E-state index is 0. The van der Waals surface area contributed by atoms with Crippen LogP contribution in [-0.4, -0.2) is 28.1 Å². The van der Waals surface area contributed by atoms with E-state index in [-0.39, 0.29) is 40.6 Å². The van der Waals surface area contributed by atoms with Crippen LogP contribution in [0.15, 0.2) is 23.1 Å². The molecule has 0 aliphatic carbocycles. The van der Waals surface area contributed by atoms with Gasteiger partial charge in [-0.1, -0.05) is 6.07 Å². The molecule has 6 heteroatoms. The van der Waals surface area contributed by atoms with Gasteiger partial charge in [-0.15, -0.1) is 0 Å². The molecular formula is C12H15NaO4S. The Balaban J connectivity index is 0.00000162. The Labute approximate surface area is 132 Å². The molecule has 2 unspecified atom stereocenters. The van der Waals surface area contributed by atoms with Crippen molar-refractivity contribution in [1.82, 2.24) is 0 Å². The summed E-state index contributed by atoms with van der Waals surface area (Å²) in [5.74, 6) is 0.402. The van der Waals surface area contributed by atoms with Crippen LogP contribution in [0.3, 0.4) is 0 Å². The van der Waals surface area contributed by atoms with Crippen molar-refractivity contribution in [1.29, 1.82) is 0 Å². The zero-order valence-corrected chi connectivity index (χ0v) is 13.5. The summed E-state index contributed by atoms with van der Waals surface area (Å²) in [6, 6.07) is 5.13. The van der Waals surface area contributed by atoms with Crippen LogP contribution >= 0.6 is 0 Å². The minimum Gasteiger partial charge on any atom is -0.768 e. The second-order valence-corrected chi connectivity index (χ2v) is 5.04. The van der Waals surface area contributed by atoms with Gasteiger partial charge in [0.25, 0.3) is 0 Å². The molecule has 4 nitrogen and oxygen atoms in total. The monoisotopic (exact) mass is 278 g/mol. The summed E-state index contributed by atoms with van der Waals surface area (Å²) in [5.41, 5.74) is 0.897. The van der Waals surface area contributed by atoms with Gasteiger partial charge in [-0.25, -0.2) is 0 Å². The van der Waals surface area contributed by atoms with Gasteiger partial charge in [-0.05, 0) is 48.5 Å². The second-order valence-electron chi connectivity index (χ2n) is 4.13. The average Bonchev–Trinajstić information content (AvgIpc) is 2.80. The molecule has 0 aromatic heterocycles. The van der Waals surface area contributed by atoms with Gasteiger partial charge in [0.15, 0.2) is 0 Å². The first-order chi connectivity index (χ1) is 8.16. The van der Waals surface area contributed by atoms with Crippen LogP contribution in [0.4, 0.5) is 0 Å². The summed E-state index contributed by atoms with van der Waals surface area (Å²) in [7, 11) is 0. The smallest absolute Gasteiger partial charge is 0.768 e. The molecule has 1 saturated heterocycles.